The zero-order chi connectivity index (χ0) is 30.4. The molecule has 2 aliphatic rings. The van der Waals surface area contributed by atoms with Gasteiger partial charge in [0.15, 0.2) is 11.0 Å². The molecule has 4 atom stereocenters. The Bertz CT molecular complexity index is 1670. The average Bonchev–Trinajstić information content (AvgIpc) is 3.16. The van der Waals surface area contributed by atoms with Crippen LogP contribution in [0.3, 0.4) is 0 Å². The molecule has 2 aromatic carbocycles. The van der Waals surface area contributed by atoms with Gasteiger partial charge in [0.1, 0.15) is 35.4 Å². The number of carbonyl (C=O) groups excluding carboxylic acids is 4. The molecule has 218 valence electrons. The Kier molecular flexibility index (Phi) is 7.06. The summed E-state index contributed by atoms with van der Waals surface area (Å²) in [5.74, 6) is -3.02. The molecular weight excluding hydrogens is 570 g/mol. The van der Waals surface area contributed by atoms with Gasteiger partial charge in [-0.25, -0.2) is 9.59 Å². The quantitative estimate of drug-likeness (QED) is 0.161. The first-order valence-corrected chi connectivity index (χ1v) is 13.4. The number of nitrogens with one attached hydrogen (secondary N) is 4. The Hall–Kier alpha value is -5.05. The number of carbonyl (C=O) groups is 5. The summed E-state index contributed by atoms with van der Waals surface area (Å²) in [5, 5.41) is 29.6. The fourth-order valence-electron chi connectivity index (χ4n) is 5.22. The first kappa shape index (κ1) is 28.5. The van der Waals surface area contributed by atoms with Crippen LogP contribution in [0.5, 0.6) is 5.75 Å². The zero-order valence-electron chi connectivity index (χ0n) is 22.1. The van der Waals surface area contributed by atoms with Crippen molar-refractivity contribution in [3.8, 4) is 5.75 Å². The number of rotatable bonds is 8. The highest BCUT2D eigenvalue weighted by molar-refractivity contribution is 8.02. The van der Waals surface area contributed by atoms with Gasteiger partial charge in [0.05, 0.1) is 5.39 Å². The van der Waals surface area contributed by atoms with E-state index in [-0.39, 0.29) is 22.4 Å². The zero-order valence-corrected chi connectivity index (χ0v) is 22.9. The molecule has 0 saturated carbocycles. The number of phenolic OH excluding ortho intramolecular Hbond substituents is 1. The van der Waals surface area contributed by atoms with Crippen LogP contribution in [-0.2, 0) is 19.2 Å². The van der Waals surface area contributed by atoms with Gasteiger partial charge in [-0.05, 0) is 43.7 Å². The molecule has 5 rings (SSSR count). The molecule has 2 fully saturated rings. The van der Waals surface area contributed by atoms with E-state index in [2.05, 4.69) is 21.3 Å². The Morgan fingerprint density at radius 2 is 1.79 bits per heavy atom. The van der Waals surface area contributed by atoms with Crippen molar-refractivity contribution in [2.45, 2.75) is 41.7 Å². The third kappa shape index (κ3) is 4.66. The maximum Gasteiger partial charge on any atom is 0.327 e. The molecular formula is C27H25N5O9S. The summed E-state index contributed by atoms with van der Waals surface area (Å²) in [7, 11) is 0. The predicted molar refractivity (Wildman–Crippen MR) is 149 cm³/mol. The number of fused-ring (bicyclic) bond motifs is 2. The van der Waals surface area contributed by atoms with Crippen LogP contribution in [0.2, 0.25) is 0 Å². The van der Waals surface area contributed by atoms with E-state index in [1.165, 1.54) is 30.3 Å². The van der Waals surface area contributed by atoms with Crippen molar-refractivity contribution >= 4 is 58.6 Å². The minimum Gasteiger partial charge on any atom is -0.508 e. The smallest absolute Gasteiger partial charge is 0.327 e. The van der Waals surface area contributed by atoms with E-state index in [4.69, 9.17) is 4.42 Å². The van der Waals surface area contributed by atoms with Gasteiger partial charge in [0.25, 0.3) is 5.91 Å². The Morgan fingerprint density at radius 3 is 2.45 bits per heavy atom. The normalized spacial score (nSPS) is 22.8. The molecule has 0 spiro atoms. The molecule has 3 aromatic rings. The molecule has 2 saturated heterocycles. The second-order valence-corrected chi connectivity index (χ2v) is 12.0. The highest BCUT2D eigenvalue weighted by Crippen LogP contribution is 2.56. The number of amides is 5. The number of hydrogen-bond donors (Lipinski definition) is 6. The predicted octanol–water partition coefficient (Wildman–Crippen LogP) is 1.07. The number of anilines is 1. The molecule has 0 aliphatic carbocycles. The molecule has 15 heteroatoms. The molecule has 2 aliphatic heterocycles. The third-order valence-corrected chi connectivity index (χ3v) is 8.66. The topological polar surface area (TPSA) is 207 Å². The highest BCUT2D eigenvalue weighted by Gasteiger charge is 2.74. The summed E-state index contributed by atoms with van der Waals surface area (Å²) >= 11 is 0.997. The van der Waals surface area contributed by atoms with Gasteiger partial charge in [-0.1, -0.05) is 24.3 Å². The third-order valence-electron chi connectivity index (χ3n) is 7.05. The lowest BCUT2D eigenvalue weighted by Gasteiger charge is -2.52. The van der Waals surface area contributed by atoms with E-state index in [0.717, 1.165) is 22.9 Å². The van der Waals surface area contributed by atoms with E-state index < -0.39 is 57.1 Å². The van der Waals surface area contributed by atoms with E-state index in [0.29, 0.717) is 12.0 Å². The summed E-state index contributed by atoms with van der Waals surface area (Å²) < 4.78 is 4.37. The number of benzene rings is 2. The van der Waals surface area contributed by atoms with Crippen LogP contribution in [0.25, 0.3) is 11.0 Å². The summed E-state index contributed by atoms with van der Waals surface area (Å²) in [4.78, 5) is 75.6. The molecule has 14 nitrogen and oxygen atoms in total. The highest BCUT2D eigenvalue weighted by atomic mass is 32.2. The van der Waals surface area contributed by atoms with Crippen molar-refractivity contribution in [2.24, 2.45) is 0 Å². The van der Waals surface area contributed by atoms with Crippen molar-refractivity contribution in [2.75, 3.05) is 5.32 Å². The van der Waals surface area contributed by atoms with Gasteiger partial charge in [0, 0.05) is 4.75 Å². The first-order chi connectivity index (χ1) is 19.9. The second-order valence-electron chi connectivity index (χ2n) is 10.2. The minimum absolute atomic E-state index is 0.112. The lowest BCUT2D eigenvalue weighted by Crippen LogP contribution is -2.82. The van der Waals surface area contributed by atoms with Crippen LogP contribution >= 0.6 is 11.8 Å². The minimum atomic E-state index is -1.59. The van der Waals surface area contributed by atoms with Gasteiger partial charge in [-0.15, -0.1) is 11.8 Å². The molecule has 2 unspecified atom stereocenters. The van der Waals surface area contributed by atoms with Crippen LogP contribution in [0.1, 0.15) is 25.5 Å². The number of aromatic hydroxyl groups is 1. The maximum atomic E-state index is 13.6. The Labute approximate surface area is 241 Å². The molecule has 42 heavy (non-hydrogen) atoms. The molecule has 6 N–H and O–H groups in total. The van der Waals surface area contributed by atoms with Gasteiger partial charge < -0.3 is 35.9 Å². The Morgan fingerprint density at radius 1 is 1.10 bits per heavy atom. The largest absolute Gasteiger partial charge is 0.508 e. The first-order valence-electron chi connectivity index (χ1n) is 12.5. The van der Waals surface area contributed by atoms with Crippen molar-refractivity contribution < 1.29 is 38.6 Å². The van der Waals surface area contributed by atoms with Crippen LogP contribution in [0.4, 0.5) is 10.5 Å². The number of β-lactam (4-membered cyclic amide) rings is 1. The van der Waals surface area contributed by atoms with Gasteiger partial charge >= 0.3 is 12.0 Å². The summed E-state index contributed by atoms with van der Waals surface area (Å²) in [6, 6.07) is 6.64. The Balaban J connectivity index is 1.41. The number of para-hydroxylation sites is 1. The molecule has 3 heterocycles. The van der Waals surface area contributed by atoms with Crippen molar-refractivity contribution in [1.29, 1.82) is 0 Å². The van der Waals surface area contributed by atoms with Crippen molar-refractivity contribution in [3.63, 3.8) is 0 Å². The molecule has 5 amide bonds. The number of aliphatic carboxylic acids is 1. The number of nitrogens with zero attached hydrogens (tertiary/aromatic N) is 1. The van der Waals surface area contributed by atoms with E-state index in [1.54, 1.807) is 32.0 Å². The number of hydrogen-bond acceptors (Lipinski definition) is 9. The number of thioether (sulfide) groups is 1. The number of phenols is 1. The summed E-state index contributed by atoms with van der Waals surface area (Å²) in [6.07, 6.45) is 1.37. The monoisotopic (exact) mass is 595 g/mol. The summed E-state index contributed by atoms with van der Waals surface area (Å²) in [6.45, 7) is 3.20. The number of urea groups is 1. The van der Waals surface area contributed by atoms with Gasteiger partial charge in [-0.3, -0.25) is 24.1 Å². The molecule has 0 bridgehead atoms. The van der Waals surface area contributed by atoms with E-state index in [9.17, 15) is 39.0 Å². The average molecular weight is 596 g/mol. The van der Waals surface area contributed by atoms with Crippen LogP contribution in [0.15, 0.2) is 64.0 Å². The second kappa shape index (κ2) is 10.4. The van der Waals surface area contributed by atoms with E-state index in [1.807, 2.05) is 0 Å². The van der Waals surface area contributed by atoms with E-state index >= 15 is 0 Å². The van der Waals surface area contributed by atoms with Crippen LogP contribution < -0.4 is 26.7 Å². The SMILES string of the molecule is CC1(C)SC2(NC=O)[C@@H](NC(=O)C(NC(=O)Nc3coc4ccccc4c3=O)c3ccc(O)cc3)C(=O)N2[C@H]1C(=O)O. The van der Waals surface area contributed by atoms with Gasteiger partial charge in [-0.2, -0.15) is 0 Å². The lowest BCUT2D eigenvalue weighted by atomic mass is 9.92. The molecule has 0 radical (unpaired) electrons. The van der Waals surface area contributed by atoms with Crippen molar-refractivity contribution in [3.05, 3.63) is 70.6 Å². The fourth-order valence-corrected chi connectivity index (χ4v) is 7.02. The van der Waals surface area contributed by atoms with Gasteiger partial charge in [0.2, 0.25) is 17.7 Å². The maximum absolute atomic E-state index is 13.6. The van der Waals surface area contributed by atoms with Crippen LogP contribution in [0, 0.1) is 0 Å². The number of carboxylic acid groups (broad SMARTS) is 1. The standard InChI is InChI=1S/C27H25N5O9S/c1-26(2)21(24(38)39)32-23(37)20(27(32,42-26)28-12-33)31-22(36)18(13-7-9-14(34)10-8-13)30-25(40)29-16-11-41-17-6-4-3-5-15(17)19(16)35/h3-12,18,20-21,34H,1-2H3,(H,28,33)(H,31,36)(H,38,39)(H2,29,30,40)/t18?,20-,21-,27?/m0/s1. The number of carboxylic acids is 1. The lowest BCUT2D eigenvalue weighted by molar-refractivity contribution is -0.171. The van der Waals surface area contributed by atoms with Crippen LogP contribution in [-0.4, -0.2) is 67.2 Å². The fraction of sp³-hybridized carbons (Fsp3) is 0.259. The van der Waals surface area contributed by atoms with Crippen molar-refractivity contribution in [1.82, 2.24) is 20.9 Å². The molecule has 1 aromatic heterocycles. The summed E-state index contributed by atoms with van der Waals surface area (Å²) in [5.41, 5.74) is -0.201.